The Morgan fingerprint density at radius 3 is 1.76 bits per heavy atom. The third-order valence-electron chi connectivity index (χ3n) is 3.94. The molecule has 0 amide bonds. The van der Waals surface area contributed by atoms with Crippen LogP contribution < -0.4 is 17.2 Å². The van der Waals surface area contributed by atoms with Crippen molar-refractivity contribution in [2.75, 3.05) is 21.3 Å². The van der Waals surface area contributed by atoms with Crippen molar-refractivity contribution in [1.29, 1.82) is 0 Å². The van der Waals surface area contributed by atoms with Crippen LogP contribution in [0.4, 0.5) is 0 Å². The summed E-state index contributed by atoms with van der Waals surface area (Å²) >= 11 is 0. The van der Waals surface area contributed by atoms with E-state index in [-0.39, 0.29) is 5.92 Å². The number of unbranched alkanes of at least 4 members (excludes halogenated alkanes) is 4. The van der Waals surface area contributed by atoms with Gasteiger partial charge in [0.1, 0.15) is 5.79 Å². The molecule has 0 saturated heterocycles. The topological polar surface area (TPSA) is 106 Å². The molecular weight excluding hydrogens is 270 g/mol. The number of ether oxygens (including phenoxy) is 3. The van der Waals surface area contributed by atoms with Crippen LogP contribution in [0.5, 0.6) is 0 Å². The number of hydrogen-bond donors (Lipinski definition) is 3. The minimum absolute atomic E-state index is 0.0363. The van der Waals surface area contributed by atoms with Crippen LogP contribution in [0.1, 0.15) is 58.3 Å². The summed E-state index contributed by atoms with van der Waals surface area (Å²) in [4.78, 5) is 0. The second-order valence-electron chi connectivity index (χ2n) is 5.77. The Labute approximate surface area is 129 Å². The normalized spacial score (nSPS) is 14.4. The Bertz CT molecular complexity index is 245. The molecule has 0 fully saturated rings. The van der Waals surface area contributed by atoms with E-state index in [1.807, 2.05) is 0 Å². The third kappa shape index (κ3) is 8.09. The van der Waals surface area contributed by atoms with E-state index >= 15 is 0 Å². The maximum Gasteiger partial charge on any atom is 0.285 e. The molecule has 0 aliphatic rings. The van der Waals surface area contributed by atoms with Gasteiger partial charge in [-0.25, -0.2) is 0 Å². The molecule has 0 aromatic rings. The van der Waals surface area contributed by atoms with Gasteiger partial charge in [-0.2, -0.15) is 0 Å². The summed E-state index contributed by atoms with van der Waals surface area (Å²) in [6, 6.07) is 0. The molecule has 0 aliphatic heterocycles. The lowest BCUT2D eigenvalue weighted by atomic mass is 9.91. The van der Waals surface area contributed by atoms with E-state index in [4.69, 9.17) is 31.4 Å². The molecule has 0 rings (SSSR count). The molecule has 0 aliphatic carbocycles. The summed E-state index contributed by atoms with van der Waals surface area (Å²) in [5.41, 5.74) is 17.0. The van der Waals surface area contributed by atoms with Crippen LogP contribution in [0.25, 0.3) is 0 Å². The highest BCUT2D eigenvalue weighted by Gasteiger charge is 2.40. The average molecular weight is 305 g/mol. The Morgan fingerprint density at radius 1 is 0.810 bits per heavy atom. The minimum Gasteiger partial charge on any atom is -0.331 e. The molecule has 0 radical (unpaired) electrons. The summed E-state index contributed by atoms with van der Waals surface area (Å²) < 4.78 is 16.4. The molecular formula is C15H35N3O3. The fraction of sp³-hybridized carbons (Fsp3) is 1.00. The largest absolute Gasteiger partial charge is 0.331 e. The molecule has 0 saturated carbocycles. The first-order valence-electron chi connectivity index (χ1n) is 7.87. The highest BCUT2D eigenvalue weighted by Crippen LogP contribution is 2.32. The quantitative estimate of drug-likeness (QED) is 0.354. The third-order valence-corrected chi connectivity index (χ3v) is 3.94. The maximum absolute atomic E-state index is 5.68. The van der Waals surface area contributed by atoms with Crippen molar-refractivity contribution in [2.24, 2.45) is 23.1 Å². The van der Waals surface area contributed by atoms with Gasteiger partial charge < -0.3 is 31.4 Å². The van der Waals surface area contributed by atoms with Gasteiger partial charge in [0.05, 0.1) is 0 Å². The van der Waals surface area contributed by atoms with Gasteiger partial charge in [0.15, 0.2) is 0 Å². The Hall–Kier alpha value is -0.240. The molecule has 1 atom stereocenters. The van der Waals surface area contributed by atoms with Crippen LogP contribution in [0.2, 0.25) is 0 Å². The van der Waals surface area contributed by atoms with Crippen molar-refractivity contribution in [2.45, 2.75) is 70.1 Å². The van der Waals surface area contributed by atoms with Crippen molar-refractivity contribution in [3.63, 3.8) is 0 Å². The van der Waals surface area contributed by atoms with Gasteiger partial charge in [-0.15, -0.1) is 0 Å². The Balaban J connectivity index is 4.59. The van der Waals surface area contributed by atoms with Gasteiger partial charge >= 0.3 is 0 Å². The Morgan fingerprint density at radius 2 is 1.33 bits per heavy atom. The van der Waals surface area contributed by atoms with Crippen LogP contribution in [0.3, 0.4) is 0 Å². The first-order chi connectivity index (χ1) is 9.85. The lowest BCUT2D eigenvalue weighted by Crippen LogP contribution is -2.58. The minimum atomic E-state index is -1.18. The standard InChI is InChI=1S/C15H35N3O3/c1-5-6-7-8-9-10-13(11-12-14(16,17)18)15(19-2,20-3)21-4/h13H,5-12,16-18H2,1-4H3. The molecule has 0 spiro atoms. The van der Waals surface area contributed by atoms with Crippen LogP contribution >= 0.6 is 0 Å². The van der Waals surface area contributed by atoms with Crippen molar-refractivity contribution in [3.05, 3.63) is 0 Å². The van der Waals surface area contributed by atoms with E-state index in [0.29, 0.717) is 12.8 Å². The summed E-state index contributed by atoms with van der Waals surface area (Å²) in [6.07, 6.45) is 8.12. The predicted octanol–water partition coefficient (Wildman–Crippen LogP) is 1.87. The fourth-order valence-electron chi connectivity index (χ4n) is 2.67. The summed E-state index contributed by atoms with van der Waals surface area (Å²) in [7, 11) is 4.74. The molecule has 0 heterocycles. The number of nitrogens with two attached hydrogens (primary N) is 3. The molecule has 0 aromatic heterocycles. The SMILES string of the molecule is CCCCCCCC(CCC(N)(N)N)C(OC)(OC)OC. The zero-order valence-corrected chi connectivity index (χ0v) is 14.2. The maximum atomic E-state index is 5.68. The highest BCUT2D eigenvalue weighted by atomic mass is 16.9. The first-order valence-corrected chi connectivity index (χ1v) is 7.87. The van der Waals surface area contributed by atoms with E-state index in [9.17, 15) is 0 Å². The summed E-state index contributed by atoms with van der Waals surface area (Å²) in [6.45, 7) is 2.21. The van der Waals surface area contributed by atoms with Gasteiger partial charge in [0, 0.05) is 27.2 Å². The van der Waals surface area contributed by atoms with Gasteiger partial charge in [0.2, 0.25) is 0 Å². The molecule has 21 heavy (non-hydrogen) atoms. The van der Waals surface area contributed by atoms with Crippen LogP contribution in [0.15, 0.2) is 0 Å². The lowest BCUT2D eigenvalue weighted by Gasteiger charge is -2.37. The molecule has 6 N–H and O–H groups in total. The zero-order valence-electron chi connectivity index (χ0n) is 14.2. The van der Waals surface area contributed by atoms with E-state index in [2.05, 4.69) is 6.92 Å². The van der Waals surface area contributed by atoms with Gasteiger partial charge in [-0.3, -0.25) is 0 Å². The first kappa shape index (κ1) is 20.8. The van der Waals surface area contributed by atoms with E-state index in [1.165, 1.54) is 25.7 Å². The molecule has 0 bridgehead atoms. The van der Waals surface area contributed by atoms with E-state index in [0.717, 1.165) is 12.8 Å². The molecule has 1 unspecified atom stereocenters. The van der Waals surface area contributed by atoms with Gasteiger partial charge in [-0.05, 0) is 19.3 Å². The monoisotopic (exact) mass is 305 g/mol. The van der Waals surface area contributed by atoms with Crippen molar-refractivity contribution in [1.82, 2.24) is 0 Å². The Kier molecular flexibility index (Phi) is 10.4. The fourth-order valence-corrected chi connectivity index (χ4v) is 2.67. The van der Waals surface area contributed by atoms with Crippen LogP contribution in [0, 0.1) is 5.92 Å². The van der Waals surface area contributed by atoms with Crippen molar-refractivity contribution in [3.8, 4) is 0 Å². The molecule has 6 nitrogen and oxygen atoms in total. The van der Waals surface area contributed by atoms with E-state index in [1.54, 1.807) is 21.3 Å². The summed E-state index contributed by atoms with van der Waals surface area (Å²) in [5, 5.41) is 0. The van der Waals surface area contributed by atoms with Gasteiger partial charge in [-0.1, -0.05) is 39.0 Å². The lowest BCUT2D eigenvalue weighted by molar-refractivity contribution is -0.380. The van der Waals surface area contributed by atoms with Crippen LogP contribution in [-0.4, -0.2) is 33.1 Å². The molecule has 128 valence electrons. The second kappa shape index (κ2) is 10.5. The van der Waals surface area contributed by atoms with E-state index < -0.39 is 11.8 Å². The number of rotatable bonds is 13. The zero-order chi connectivity index (χ0) is 16.4. The number of hydrogen-bond acceptors (Lipinski definition) is 6. The molecule has 0 aromatic carbocycles. The van der Waals surface area contributed by atoms with Crippen LogP contribution in [-0.2, 0) is 14.2 Å². The second-order valence-corrected chi connectivity index (χ2v) is 5.77. The van der Waals surface area contributed by atoms with Gasteiger partial charge in [0.25, 0.3) is 5.97 Å². The number of methoxy groups -OCH3 is 3. The smallest absolute Gasteiger partial charge is 0.285 e. The average Bonchev–Trinajstić information content (AvgIpc) is 2.44. The summed E-state index contributed by atoms with van der Waals surface area (Å²) in [5.74, 6) is -2.20. The molecule has 6 heteroatoms. The van der Waals surface area contributed by atoms with Crippen molar-refractivity contribution >= 4 is 0 Å². The predicted molar refractivity (Wildman–Crippen MR) is 85.2 cm³/mol. The highest BCUT2D eigenvalue weighted by molar-refractivity contribution is 4.76. The van der Waals surface area contributed by atoms with Crippen molar-refractivity contribution < 1.29 is 14.2 Å².